The molecule has 100 valence electrons. The maximum Gasteiger partial charge on any atom is 0.390 e. The van der Waals surface area contributed by atoms with E-state index in [4.69, 9.17) is 0 Å². The minimum atomic E-state index is -4.10. The van der Waals surface area contributed by atoms with Crippen LogP contribution >= 0.6 is 11.8 Å². The molecule has 18 heavy (non-hydrogen) atoms. The van der Waals surface area contributed by atoms with E-state index in [1.165, 1.54) is 4.90 Å². The summed E-state index contributed by atoms with van der Waals surface area (Å²) in [6, 6.07) is 7.43. The molecule has 0 saturated carbocycles. The maximum absolute atomic E-state index is 12.3. The Morgan fingerprint density at radius 1 is 1.39 bits per heavy atom. The van der Waals surface area contributed by atoms with Crippen molar-refractivity contribution in [1.29, 1.82) is 0 Å². The average Bonchev–Trinajstić information content (AvgIpc) is 2.27. The van der Waals surface area contributed by atoms with Crippen molar-refractivity contribution in [2.75, 3.05) is 5.75 Å². The fraction of sp³-hybridized carbons (Fsp3) is 0.538. The second-order valence-electron chi connectivity index (χ2n) is 4.61. The summed E-state index contributed by atoms with van der Waals surface area (Å²) in [6.45, 7) is 1.60. The molecule has 0 spiro atoms. The zero-order chi connectivity index (χ0) is 13.2. The summed E-state index contributed by atoms with van der Waals surface area (Å²) >= 11 is 1.77. The van der Waals surface area contributed by atoms with Crippen molar-refractivity contribution in [3.05, 3.63) is 29.8 Å². The molecule has 0 saturated heterocycles. The van der Waals surface area contributed by atoms with Crippen molar-refractivity contribution in [2.45, 2.75) is 42.9 Å². The Balaban J connectivity index is 2.03. The SMILES string of the molecule is CC(CC(F)(F)F)NC1CCSc2ccccc21. The van der Waals surface area contributed by atoms with E-state index < -0.39 is 18.6 Å². The van der Waals surface area contributed by atoms with E-state index in [0.717, 1.165) is 17.7 Å². The topological polar surface area (TPSA) is 12.0 Å². The predicted molar refractivity (Wildman–Crippen MR) is 67.8 cm³/mol. The highest BCUT2D eigenvalue weighted by Gasteiger charge is 2.31. The fourth-order valence-electron chi connectivity index (χ4n) is 2.26. The zero-order valence-corrected chi connectivity index (χ0v) is 10.9. The molecule has 0 radical (unpaired) electrons. The molecule has 1 aliphatic rings. The van der Waals surface area contributed by atoms with Crippen LogP contribution in [-0.2, 0) is 0 Å². The molecule has 1 heterocycles. The zero-order valence-electron chi connectivity index (χ0n) is 10.1. The van der Waals surface area contributed by atoms with Gasteiger partial charge in [0.2, 0.25) is 0 Å². The number of hydrogen-bond acceptors (Lipinski definition) is 2. The molecule has 1 nitrogen and oxygen atoms in total. The highest BCUT2D eigenvalue weighted by Crippen LogP contribution is 2.36. The quantitative estimate of drug-likeness (QED) is 0.889. The number of benzene rings is 1. The minimum absolute atomic E-state index is 0.0415. The van der Waals surface area contributed by atoms with Gasteiger partial charge in [0.05, 0.1) is 6.42 Å². The largest absolute Gasteiger partial charge is 0.390 e. The third kappa shape index (κ3) is 3.65. The Labute approximate surface area is 109 Å². The number of rotatable bonds is 3. The summed E-state index contributed by atoms with van der Waals surface area (Å²) < 4.78 is 36.9. The molecule has 0 fully saturated rings. The number of nitrogens with one attached hydrogen (secondary N) is 1. The van der Waals surface area contributed by atoms with Gasteiger partial charge >= 0.3 is 6.18 Å². The summed E-state index contributed by atoms with van der Waals surface area (Å²) in [5, 5.41) is 3.10. The highest BCUT2D eigenvalue weighted by atomic mass is 32.2. The maximum atomic E-state index is 12.3. The van der Waals surface area contributed by atoms with E-state index in [-0.39, 0.29) is 6.04 Å². The van der Waals surface area contributed by atoms with Crippen LogP contribution in [0.15, 0.2) is 29.2 Å². The lowest BCUT2D eigenvalue weighted by Crippen LogP contribution is -2.35. The van der Waals surface area contributed by atoms with Crippen LogP contribution in [0, 0.1) is 0 Å². The van der Waals surface area contributed by atoms with Crippen LogP contribution in [0.25, 0.3) is 0 Å². The molecule has 0 aliphatic carbocycles. The molecule has 1 aromatic carbocycles. The van der Waals surface area contributed by atoms with Crippen molar-refractivity contribution >= 4 is 11.8 Å². The lowest BCUT2D eigenvalue weighted by molar-refractivity contribution is -0.139. The lowest BCUT2D eigenvalue weighted by atomic mass is 10.0. The van der Waals surface area contributed by atoms with Gasteiger partial charge in [0.25, 0.3) is 0 Å². The first-order valence-corrected chi connectivity index (χ1v) is 6.99. The van der Waals surface area contributed by atoms with Gasteiger partial charge in [-0.05, 0) is 30.7 Å². The first-order valence-electron chi connectivity index (χ1n) is 6.00. The molecule has 0 aromatic heterocycles. The van der Waals surface area contributed by atoms with Gasteiger partial charge in [-0.15, -0.1) is 11.8 Å². The van der Waals surface area contributed by atoms with Gasteiger partial charge < -0.3 is 5.32 Å². The van der Waals surface area contributed by atoms with Crippen LogP contribution in [0.1, 0.15) is 31.4 Å². The third-order valence-electron chi connectivity index (χ3n) is 2.98. The van der Waals surface area contributed by atoms with Gasteiger partial charge in [-0.3, -0.25) is 0 Å². The average molecular weight is 275 g/mol. The Bertz CT molecular complexity index is 405. The van der Waals surface area contributed by atoms with Gasteiger partial charge in [-0.1, -0.05) is 18.2 Å². The van der Waals surface area contributed by atoms with E-state index in [1.54, 1.807) is 18.7 Å². The van der Waals surface area contributed by atoms with E-state index in [2.05, 4.69) is 5.32 Å². The number of halogens is 3. The molecular weight excluding hydrogens is 259 g/mol. The predicted octanol–water partition coefficient (Wildman–Crippen LogP) is 4.15. The van der Waals surface area contributed by atoms with Crippen molar-refractivity contribution in [3.8, 4) is 0 Å². The van der Waals surface area contributed by atoms with Crippen LogP contribution in [0.4, 0.5) is 13.2 Å². The molecule has 1 aromatic rings. The first-order chi connectivity index (χ1) is 8.46. The van der Waals surface area contributed by atoms with Gasteiger partial charge in [0.15, 0.2) is 0 Å². The molecule has 2 unspecified atom stereocenters. The van der Waals surface area contributed by atoms with Crippen LogP contribution in [0.3, 0.4) is 0 Å². The third-order valence-corrected chi connectivity index (χ3v) is 4.10. The van der Waals surface area contributed by atoms with Gasteiger partial charge in [0, 0.05) is 17.0 Å². The number of hydrogen-bond donors (Lipinski definition) is 1. The number of alkyl halides is 3. The van der Waals surface area contributed by atoms with Gasteiger partial charge in [0.1, 0.15) is 0 Å². The molecule has 1 aliphatic heterocycles. The summed E-state index contributed by atoms with van der Waals surface area (Å²) in [4.78, 5) is 1.18. The summed E-state index contributed by atoms with van der Waals surface area (Å²) in [5.41, 5.74) is 1.13. The van der Waals surface area contributed by atoms with Gasteiger partial charge in [-0.25, -0.2) is 0 Å². The summed E-state index contributed by atoms with van der Waals surface area (Å²) in [7, 11) is 0. The Morgan fingerprint density at radius 3 is 2.83 bits per heavy atom. The van der Waals surface area contributed by atoms with E-state index in [0.29, 0.717) is 0 Å². The molecule has 2 rings (SSSR count). The lowest BCUT2D eigenvalue weighted by Gasteiger charge is -2.29. The monoisotopic (exact) mass is 275 g/mol. The van der Waals surface area contributed by atoms with Crippen LogP contribution in [-0.4, -0.2) is 18.0 Å². The standard InChI is InChI=1S/C13H16F3NS/c1-9(8-13(14,15)16)17-11-6-7-18-12-5-3-2-4-10(11)12/h2-5,9,11,17H,6-8H2,1H3. The van der Waals surface area contributed by atoms with E-state index in [1.807, 2.05) is 24.3 Å². The van der Waals surface area contributed by atoms with Crippen molar-refractivity contribution in [2.24, 2.45) is 0 Å². The summed E-state index contributed by atoms with van der Waals surface area (Å²) in [5.74, 6) is 0.952. The first kappa shape index (κ1) is 13.7. The van der Waals surface area contributed by atoms with Gasteiger partial charge in [-0.2, -0.15) is 13.2 Å². The Morgan fingerprint density at radius 2 is 2.11 bits per heavy atom. The Hall–Kier alpha value is -0.680. The van der Waals surface area contributed by atoms with Crippen molar-refractivity contribution in [1.82, 2.24) is 5.32 Å². The second kappa shape index (κ2) is 5.53. The van der Waals surface area contributed by atoms with Crippen LogP contribution in [0.5, 0.6) is 0 Å². The molecule has 2 atom stereocenters. The number of fused-ring (bicyclic) bond motifs is 1. The molecular formula is C13H16F3NS. The normalized spacial score (nSPS) is 21.4. The van der Waals surface area contributed by atoms with E-state index in [9.17, 15) is 13.2 Å². The Kier molecular flexibility index (Phi) is 4.22. The molecule has 5 heteroatoms. The van der Waals surface area contributed by atoms with Crippen LogP contribution in [0.2, 0.25) is 0 Å². The smallest absolute Gasteiger partial charge is 0.307 e. The van der Waals surface area contributed by atoms with Crippen LogP contribution < -0.4 is 5.32 Å². The molecule has 0 bridgehead atoms. The van der Waals surface area contributed by atoms with Crippen molar-refractivity contribution in [3.63, 3.8) is 0 Å². The fourth-order valence-corrected chi connectivity index (χ4v) is 3.39. The highest BCUT2D eigenvalue weighted by molar-refractivity contribution is 7.99. The molecule has 0 amide bonds. The van der Waals surface area contributed by atoms with E-state index >= 15 is 0 Å². The minimum Gasteiger partial charge on any atom is -0.307 e. The molecule has 1 N–H and O–H groups in total. The van der Waals surface area contributed by atoms with Crippen molar-refractivity contribution < 1.29 is 13.2 Å². The summed E-state index contributed by atoms with van der Waals surface area (Å²) in [6.07, 6.45) is -4.00. The second-order valence-corrected chi connectivity index (χ2v) is 5.75. The number of thioether (sulfide) groups is 1.